The predicted molar refractivity (Wildman–Crippen MR) is 83.4 cm³/mol. The van der Waals surface area contributed by atoms with Gasteiger partial charge in [-0.1, -0.05) is 32.0 Å². The van der Waals surface area contributed by atoms with Gasteiger partial charge in [0, 0.05) is 11.6 Å². The van der Waals surface area contributed by atoms with Crippen LogP contribution in [0.25, 0.3) is 0 Å². The smallest absolute Gasteiger partial charge is 0.237 e. The number of para-hydroxylation sites is 1. The highest BCUT2D eigenvalue weighted by Gasteiger charge is 2.56. The Balaban J connectivity index is 2.05. The minimum atomic E-state index is -0.862. The van der Waals surface area contributed by atoms with Crippen molar-refractivity contribution in [3.8, 4) is 0 Å². The van der Waals surface area contributed by atoms with Gasteiger partial charge in [-0.2, -0.15) is 0 Å². The molecule has 0 aromatic heterocycles. The number of rotatable bonds is 2. The highest BCUT2D eigenvalue weighted by molar-refractivity contribution is 6.07. The van der Waals surface area contributed by atoms with Crippen molar-refractivity contribution >= 4 is 17.5 Å². The van der Waals surface area contributed by atoms with Crippen molar-refractivity contribution in [2.75, 3.05) is 5.32 Å². The molecule has 0 bridgehead atoms. The standard InChI is InChI=1S/C17H22N2O3/c1-10(2)15(21)19-14-13(20)8-5-9-17(14)11-6-3-4-7-12(11)18-16(17)22/h3-4,6-7,10,13-14,20H,5,8-9H2,1-2H3,(H,18,22)(H,19,21)/t13-,14+,17+/m1/s1. The van der Waals surface area contributed by atoms with Crippen LogP contribution >= 0.6 is 0 Å². The van der Waals surface area contributed by atoms with Crippen LogP contribution in [-0.2, 0) is 15.0 Å². The van der Waals surface area contributed by atoms with Crippen molar-refractivity contribution in [3.05, 3.63) is 29.8 Å². The Kier molecular flexibility index (Phi) is 3.68. The van der Waals surface area contributed by atoms with Crippen LogP contribution in [0.5, 0.6) is 0 Å². The van der Waals surface area contributed by atoms with E-state index in [-0.39, 0.29) is 17.7 Å². The molecule has 0 saturated heterocycles. The molecule has 1 fully saturated rings. The van der Waals surface area contributed by atoms with Gasteiger partial charge in [-0.3, -0.25) is 9.59 Å². The molecule has 5 nitrogen and oxygen atoms in total. The van der Waals surface area contributed by atoms with Gasteiger partial charge in [0.1, 0.15) is 0 Å². The summed E-state index contributed by atoms with van der Waals surface area (Å²) in [6.45, 7) is 3.61. The summed E-state index contributed by atoms with van der Waals surface area (Å²) in [4.78, 5) is 24.9. The van der Waals surface area contributed by atoms with Crippen molar-refractivity contribution < 1.29 is 14.7 Å². The van der Waals surface area contributed by atoms with E-state index >= 15 is 0 Å². The molecule has 0 radical (unpaired) electrons. The maximum atomic E-state index is 12.7. The maximum Gasteiger partial charge on any atom is 0.237 e. The van der Waals surface area contributed by atoms with E-state index in [1.54, 1.807) is 13.8 Å². The van der Waals surface area contributed by atoms with Crippen LogP contribution in [0.15, 0.2) is 24.3 Å². The van der Waals surface area contributed by atoms with E-state index in [4.69, 9.17) is 0 Å². The summed E-state index contributed by atoms with van der Waals surface area (Å²) in [5.74, 6) is -0.449. The zero-order chi connectivity index (χ0) is 15.9. The molecule has 1 aromatic carbocycles. The lowest BCUT2D eigenvalue weighted by Crippen LogP contribution is -2.62. The monoisotopic (exact) mass is 302 g/mol. The third kappa shape index (κ3) is 2.11. The highest BCUT2D eigenvalue weighted by Crippen LogP contribution is 2.47. The van der Waals surface area contributed by atoms with Gasteiger partial charge in [-0.05, 0) is 30.9 Å². The number of carbonyl (C=O) groups excluding carboxylic acids is 2. The summed E-state index contributed by atoms with van der Waals surface area (Å²) >= 11 is 0. The molecular weight excluding hydrogens is 280 g/mol. The van der Waals surface area contributed by atoms with Crippen LogP contribution in [0.2, 0.25) is 0 Å². The largest absolute Gasteiger partial charge is 0.391 e. The molecule has 22 heavy (non-hydrogen) atoms. The first-order chi connectivity index (χ1) is 10.5. The first-order valence-electron chi connectivity index (χ1n) is 7.86. The molecule has 3 N–H and O–H groups in total. The van der Waals surface area contributed by atoms with Crippen LogP contribution < -0.4 is 10.6 Å². The number of hydrogen-bond donors (Lipinski definition) is 3. The fourth-order valence-electron chi connectivity index (χ4n) is 3.67. The van der Waals surface area contributed by atoms with E-state index < -0.39 is 17.6 Å². The Bertz CT molecular complexity index is 614. The number of benzene rings is 1. The number of carbonyl (C=O) groups is 2. The van der Waals surface area contributed by atoms with Gasteiger partial charge in [0.2, 0.25) is 11.8 Å². The summed E-state index contributed by atoms with van der Waals surface area (Å²) < 4.78 is 0. The molecule has 0 unspecified atom stereocenters. The predicted octanol–water partition coefficient (Wildman–Crippen LogP) is 1.56. The van der Waals surface area contributed by atoms with Gasteiger partial charge >= 0.3 is 0 Å². The van der Waals surface area contributed by atoms with Crippen molar-refractivity contribution in [1.29, 1.82) is 0 Å². The number of anilines is 1. The lowest BCUT2D eigenvalue weighted by Gasteiger charge is -2.43. The van der Waals surface area contributed by atoms with Crippen LogP contribution in [0, 0.1) is 5.92 Å². The number of aliphatic hydroxyl groups is 1. The molecule has 1 aromatic rings. The SMILES string of the molecule is CC(C)C(=O)N[C@H]1[C@H](O)CCC[C@@]12C(=O)Nc1ccccc12. The lowest BCUT2D eigenvalue weighted by molar-refractivity contribution is -0.131. The molecular formula is C17H22N2O3. The van der Waals surface area contributed by atoms with Crippen LogP contribution in [-0.4, -0.2) is 29.1 Å². The first-order valence-corrected chi connectivity index (χ1v) is 7.86. The van der Waals surface area contributed by atoms with E-state index in [9.17, 15) is 14.7 Å². The number of fused-ring (bicyclic) bond motifs is 2. The third-order valence-electron chi connectivity index (χ3n) is 4.87. The zero-order valence-electron chi connectivity index (χ0n) is 12.9. The normalized spacial score (nSPS) is 30.3. The summed E-state index contributed by atoms with van der Waals surface area (Å²) in [6.07, 6.45) is 1.28. The molecule has 5 heteroatoms. The topological polar surface area (TPSA) is 78.4 Å². The number of hydrogen-bond acceptors (Lipinski definition) is 3. The van der Waals surface area contributed by atoms with E-state index in [2.05, 4.69) is 10.6 Å². The fraction of sp³-hybridized carbons (Fsp3) is 0.529. The summed E-state index contributed by atoms with van der Waals surface area (Å²) in [7, 11) is 0. The zero-order valence-corrected chi connectivity index (χ0v) is 12.9. The molecule has 3 rings (SSSR count). The molecule has 1 aliphatic carbocycles. The number of aliphatic hydroxyl groups excluding tert-OH is 1. The van der Waals surface area contributed by atoms with Crippen molar-refractivity contribution in [2.45, 2.75) is 50.7 Å². The van der Waals surface area contributed by atoms with Crippen molar-refractivity contribution in [3.63, 3.8) is 0 Å². The molecule has 1 heterocycles. The fourth-order valence-corrected chi connectivity index (χ4v) is 3.67. The first kappa shape index (κ1) is 15.0. The highest BCUT2D eigenvalue weighted by atomic mass is 16.3. The molecule has 118 valence electrons. The summed E-state index contributed by atoms with van der Waals surface area (Å²) in [6, 6.07) is 6.96. The minimum Gasteiger partial charge on any atom is -0.391 e. The Morgan fingerprint density at radius 1 is 1.41 bits per heavy atom. The lowest BCUT2D eigenvalue weighted by atomic mass is 9.65. The van der Waals surface area contributed by atoms with E-state index in [1.165, 1.54) is 0 Å². The Morgan fingerprint density at radius 3 is 2.86 bits per heavy atom. The van der Waals surface area contributed by atoms with Crippen molar-refractivity contribution in [1.82, 2.24) is 5.32 Å². The molecule has 1 spiro atoms. The average Bonchev–Trinajstić information content (AvgIpc) is 2.76. The van der Waals surface area contributed by atoms with Crippen LogP contribution in [0.4, 0.5) is 5.69 Å². The quantitative estimate of drug-likeness (QED) is 0.776. The van der Waals surface area contributed by atoms with Gasteiger partial charge in [0.05, 0.1) is 17.6 Å². The Hall–Kier alpha value is -1.88. The van der Waals surface area contributed by atoms with E-state index in [0.29, 0.717) is 12.8 Å². The second kappa shape index (κ2) is 5.39. The summed E-state index contributed by atoms with van der Waals surface area (Å²) in [5.41, 5.74) is 0.803. The van der Waals surface area contributed by atoms with Gasteiger partial charge in [0.15, 0.2) is 0 Å². The number of amides is 2. The van der Waals surface area contributed by atoms with Crippen LogP contribution in [0.3, 0.4) is 0 Å². The molecule has 1 saturated carbocycles. The van der Waals surface area contributed by atoms with Crippen LogP contribution in [0.1, 0.15) is 38.7 Å². The van der Waals surface area contributed by atoms with E-state index in [0.717, 1.165) is 17.7 Å². The third-order valence-corrected chi connectivity index (χ3v) is 4.87. The van der Waals surface area contributed by atoms with Gasteiger partial charge < -0.3 is 15.7 Å². The second-order valence-electron chi connectivity index (χ2n) is 6.57. The van der Waals surface area contributed by atoms with E-state index in [1.807, 2.05) is 24.3 Å². The molecule has 2 aliphatic rings. The van der Waals surface area contributed by atoms with Gasteiger partial charge in [-0.15, -0.1) is 0 Å². The minimum absolute atomic E-state index is 0.124. The summed E-state index contributed by atoms with van der Waals surface area (Å²) in [5, 5.41) is 16.3. The Morgan fingerprint density at radius 2 is 2.14 bits per heavy atom. The van der Waals surface area contributed by atoms with Gasteiger partial charge in [-0.25, -0.2) is 0 Å². The molecule has 2 amide bonds. The maximum absolute atomic E-state index is 12.7. The molecule has 3 atom stereocenters. The average molecular weight is 302 g/mol. The van der Waals surface area contributed by atoms with Crippen molar-refractivity contribution in [2.24, 2.45) is 5.92 Å². The molecule has 1 aliphatic heterocycles. The Labute approximate surface area is 130 Å². The second-order valence-corrected chi connectivity index (χ2v) is 6.57. The number of nitrogens with one attached hydrogen (secondary N) is 2. The van der Waals surface area contributed by atoms with Gasteiger partial charge in [0.25, 0.3) is 0 Å².